The summed E-state index contributed by atoms with van der Waals surface area (Å²) < 4.78 is 13.4. The molecule has 2 N–H and O–H groups in total. The average molecular weight is 461 g/mol. The number of hydrogen-bond donors (Lipinski definition) is 2. The lowest BCUT2D eigenvalue weighted by Crippen LogP contribution is -2.25. The second kappa shape index (κ2) is 10.2. The van der Waals surface area contributed by atoms with Crippen LogP contribution in [0.4, 0.5) is 5.82 Å². The van der Waals surface area contributed by atoms with E-state index in [9.17, 15) is 9.59 Å². The van der Waals surface area contributed by atoms with Gasteiger partial charge in [-0.1, -0.05) is 36.4 Å². The van der Waals surface area contributed by atoms with E-state index < -0.39 is 0 Å². The van der Waals surface area contributed by atoms with Gasteiger partial charge in [0.15, 0.2) is 5.82 Å². The third-order valence-corrected chi connectivity index (χ3v) is 6.14. The molecule has 2 atom stereocenters. The van der Waals surface area contributed by atoms with Gasteiger partial charge in [0.2, 0.25) is 11.8 Å². The Morgan fingerprint density at radius 3 is 2.82 bits per heavy atom. The molecular weight excluding hydrogens is 432 g/mol. The van der Waals surface area contributed by atoms with Crippen molar-refractivity contribution in [1.82, 2.24) is 15.1 Å². The van der Waals surface area contributed by atoms with E-state index in [0.29, 0.717) is 25.6 Å². The van der Waals surface area contributed by atoms with Gasteiger partial charge in [-0.05, 0) is 36.6 Å². The number of anilines is 1. The van der Waals surface area contributed by atoms with Crippen LogP contribution in [0.25, 0.3) is 16.9 Å². The standard InChI is InChI=1S/C26H28N4O4/c31-25-13-20(15-27-25)26(32)28-24-14-23(30(29-24)21-8-2-1-3-9-21)19-7-4-6-18(12-19)16-34-22-10-5-11-33-17-22/h1-4,6-9,12,14,20,22H,5,10-11,13,15-17H2,(H,27,31)(H,28,29,32)/t20-,22+/m0/s1. The molecule has 3 heterocycles. The number of nitrogens with zero attached hydrogens (tertiary/aromatic N) is 2. The van der Waals surface area contributed by atoms with Crippen molar-refractivity contribution in [2.24, 2.45) is 5.92 Å². The molecule has 0 saturated carbocycles. The summed E-state index contributed by atoms with van der Waals surface area (Å²) >= 11 is 0. The van der Waals surface area contributed by atoms with Crippen LogP contribution in [0, 0.1) is 5.92 Å². The molecule has 1 aromatic heterocycles. The van der Waals surface area contributed by atoms with Crippen LogP contribution in [0.5, 0.6) is 0 Å². The van der Waals surface area contributed by atoms with Crippen molar-refractivity contribution in [3.05, 3.63) is 66.2 Å². The molecule has 0 aliphatic carbocycles. The zero-order valence-electron chi connectivity index (χ0n) is 18.9. The smallest absolute Gasteiger partial charge is 0.230 e. The van der Waals surface area contributed by atoms with Crippen molar-refractivity contribution in [2.75, 3.05) is 25.1 Å². The second-order valence-electron chi connectivity index (χ2n) is 8.71. The fourth-order valence-electron chi connectivity index (χ4n) is 4.31. The highest BCUT2D eigenvalue weighted by Crippen LogP contribution is 2.28. The van der Waals surface area contributed by atoms with Gasteiger partial charge >= 0.3 is 0 Å². The van der Waals surface area contributed by atoms with Gasteiger partial charge in [-0.25, -0.2) is 4.68 Å². The molecule has 176 valence electrons. The molecule has 0 spiro atoms. The summed E-state index contributed by atoms with van der Waals surface area (Å²) in [4.78, 5) is 24.2. The normalized spacial score (nSPS) is 20.2. The van der Waals surface area contributed by atoms with Gasteiger partial charge in [0, 0.05) is 31.2 Å². The zero-order chi connectivity index (χ0) is 23.3. The monoisotopic (exact) mass is 460 g/mol. The number of ether oxygens (including phenoxy) is 2. The SMILES string of the molecule is O=C1C[C@H](C(=O)Nc2cc(-c3cccc(CO[C@@H]4CCCOC4)c3)n(-c3ccccc3)n2)CN1. The summed E-state index contributed by atoms with van der Waals surface area (Å²) in [7, 11) is 0. The van der Waals surface area contributed by atoms with Crippen molar-refractivity contribution in [1.29, 1.82) is 0 Å². The van der Waals surface area contributed by atoms with Gasteiger partial charge in [0.05, 0.1) is 36.6 Å². The summed E-state index contributed by atoms with van der Waals surface area (Å²) in [6.07, 6.45) is 2.38. The minimum Gasteiger partial charge on any atom is -0.379 e. The minimum atomic E-state index is -0.387. The molecule has 2 aliphatic heterocycles. The number of aromatic nitrogens is 2. The Bertz CT molecular complexity index is 1150. The maximum atomic E-state index is 12.7. The first-order chi connectivity index (χ1) is 16.7. The number of nitrogens with one attached hydrogen (secondary N) is 2. The molecule has 2 fully saturated rings. The Morgan fingerprint density at radius 2 is 2.06 bits per heavy atom. The number of amides is 2. The molecule has 2 aliphatic rings. The Morgan fingerprint density at radius 1 is 1.18 bits per heavy atom. The third-order valence-electron chi connectivity index (χ3n) is 6.14. The summed E-state index contributed by atoms with van der Waals surface area (Å²) in [6, 6.07) is 19.8. The van der Waals surface area contributed by atoms with E-state index in [1.165, 1.54) is 0 Å². The second-order valence-corrected chi connectivity index (χ2v) is 8.71. The van der Waals surface area contributed by atoms with Crippen molar-refractivity contribution >= 4 is 17.6 Å². The first-order valence-electron chi connectivity index (χ1n) is 11.7. The Kier molecular flexibility index (Phi) is 6.69. The fourth-order valence-corrected chi connectivity index (χ4v) is 4.31. The highest BCUT2D eigenvalue weighted by molar-refractivity contribution is 5.97. The molecule has 8 heteroatoms. The van der Waals surface area contributed by atoms with Crippen LogP contribution in [0.2, 0.25) is 0 Å². The molecule has 2 saturated heterocycles. The van der Waals surface area contributed by atoms with E-state index in [2.05, 4.69) is 21.8 Å². The van der Waals surface area contributed by atoms with Crippen LogP contribution in [-0.4, -0.2) is 47.5 Å². The van der Waals surface area contributed by atoms with E-state index in [-0.39, 0.29) is 30.3 Å². The number of benzene rings is 2. The van der Waals surface area contributed by atoms with Gasteiger partial charge in [-0.3, -0.25) is 9.59 Å². The molecule has 2 amide bonds. The van der Waals surface area contributed by atoms with Crippen LogP contribution < -0.4 is 10.6 Å². The zero-order valence-corrected chi connectivity index (χ0v) is 18.9. The minimum absolute atomic E-state index is 0.102. The largest absolute Gasteiger partial charge is 0.379 e. The molecule has 0 unspecified atom stereocenters. The molecule has 3 aromatic rings. The predicted octanol–water partition coefficient (Wildman–Crippen LogP) is 3.31. The Balaban J connectivity index is 1.39. The van der Waals surface area contributed by atoms with Crippen molar-refractivity contribution in [2.45, 2.75) is 32.0 Å². The van der Waals surface area contributed by atoms with Gasteiger partial charge in [0.25, 0.3) is 0 Å². The molecule has 8 nitrogen and oxygen atoms in total. The summed E-state index contributed by atoms with van der Waals surface area (Å²) in [5.41, 5.74) is 3.77. The van der Waals surface area contributed by atoms with E-state index >= 15 is 0 Å². The average Bonchev–Trinajstić information content (AvgIpc) is 3.51. The molecular formula is C26H28N4O4. The number of rotatable bonds is 7. The summed E-state index contributed by atoms with van der Waals surface area (Å²) in [5.74, 6) is -0.250. The first-order valence-corrected chi connectivity index (χ1v) is 11.7. The van der Waals surface area contributed by atoms with E-state index in [4.69, 9.17) is 9.47 Å². The van der Waals surface area contributed by atoms with Crippen LogP contribution in [-0.2, 0) is 25.7 Å². The maximum Gasteiger partial charge on any atom is 0.230 e. The van der Waals surface area contributed by atoms with Crippen LogP contribution in [0.15, 0.2) is 60.7 Å². The van der Waals surface area contributed by atoms with Gasteiger partial charge in [-0.15, -0.1) is 5.10 Å². The maximum absolute atomic E-state index is 12.7. The topological polar surface area (TPSA) is 94.5 Å². The molecule has 0 bridgehead atoms. The van der Waals surface area contributed by atoms with E-state index in [0.717, 1.165) is 42.0 Å². The van der Waals surface area contributed by atoms with Crippen molar-refractivity contribution in [3.8, 4) is 16.9 Å². The van der Waals surface area contributed by atoms with Gasteiger partial charge < -0.3 is 20.1 Å². The fraction of sp³-hybridized carbons (Fsp3) is 0.346. The van der Waals surface area contributed by atoms with E-state index in [1.54, 1.807) is 0 Å². The van der Waals surface area contributed by atoms with Crippen molar-refractivity contribution < 1.29 is 19.1 Å². The first kappa shape index (κ1) is 22.3. The Labute approximate surface area is 198 Å². The summed E-state index contributed by atoms with van der Waals surface area (Å²) in [6.45, 7) is 2.32. The number of carbonyl (C=O) groups excluding carboxylic acids is 2. The highest BCUT2D eigenvalue weighted by atomic mass is 16.5. The predicted molar refractivity (Wildman–Crippen MR) is 127 cm³/mol. The number of para-hydroxylation sites is 1. The molecule has 0 radical (unpaired) electrons. The summed E-state index contributed by atoms with van der Waals surface area (Å²) in [5, 5.41) is 10.3. The van der Waals surface area contributed by atoms with Crippen LogP contribution in [0.3, 0.4) is 0 Å². The van der Waals surface area contributed by atoms with Crippen molar-refractivity contribution in [3.63, 3.8) is 0 Å². The lowest BCUT2D eigenvalue weighted by atomic mass is 10.1. The molecule has 2 aromatic carbocycles. The quantitative estimate of drug-likeness (QED) is 0.564. The van der Waals surface area contributed by atoms with Gasteiger partial charge in [-0.2, -0.15) is 0 Å². The molecule has 34 heavy (non-hydrogen) atoms. The third kappa shape index (κ3) is 5.18. The number of hydrogen-bond acceptors (Lipinski definition) is 5. The molecule has 5 rings (SSSR count). The van der Waals surface area contributed by atoms with Crippen LogP contribution in [0.1, 0.15) is 24.8 Å². The Hall–Kier alpha value is -3.49. The van der Waals surface area contributed by atoms with Gasteiger partial charge in [0.1, 0.15) is 0 Å². The highest BCUT2D eigenvalue weighted by Gasteiger charge is 2.28. The van der Waals surface area contributed by atoms with E-state index in [1.807, 2.05) is 59.3 Å². The lowest BCUT2D eigenvalue weighted by molar-refractivity contribution is -0.123. The number of carbonyl (C=O) groups is 2. The lowest BCUT2D eigenvalue weighted by Gasteiger charge is -2.22. The van der Waals surface area contributed by atoms with Crippen LogP contribution >= 0.6 is 0 Å².